The number of carbonyl (C=O) groups excluding carboxylic acids is 1. The van der Waals surface area contributed by atoms with Gasteiger partial charge in [-0.3, -0.25) is 0 Å². The first-order valence-electron chi connectivity index (χ1n) is 6.49. The van der Waals surface area contributed by atoms with Crippen molar-refractivity contribution in [1.82, 2.24) is 0 Å². The van der Waals surface area contributed by atoms with Crippen molar-refractivity contribution >= 4 is 5.97 Å². The Morgan fingerprint density at radius 1 is 1.21 bits per heavy atom. The highest BCUT2D eigenvalue weighted by Gasteiger charge is 2.42. The summed E-state index contributed by atoms with van der Waals surface area (Å²) in [6.45, 7) is 7.47. The van der Waals surface area contributed by atoms with Crippen LogP contribution in [0.4, 0.5) is 0 Å². The number of rotatable bonds is 0. The van der Waals surface area contributed by atoms with E-state index in [0.29, 0.717) is 18.4 Å². The number of hydrogen-bond acceptors (Lipinski definition) is 4. The first kappa shape index (κ1) is 14.0. The standard InChI is InChI=1S/C15H20O4/c1-8-4-11(16)5-9(2)7-13-14(12(17)6-8)10(3)15(18)19-13/h4,7,11-14,16-17H,3,5-6H2,1-2H3/b8-4-,9-7-/t11-,12-,13-,14-/m1/s1. The first-order valence-corrected chi connectivity index (χ1v) is 6.49. The molecule has 1 aliphatic carbocycles. The summed E-state index contributed by atoms with van der Waals surface area (Å²) in [5, 5.41) is 20.2. The maximum absolute atomic E-state index is 11.6. The Labute approximate surface area is 113 Å². The van der Waals surface area contributed by atoms with Gasteiger partial charge < -0.3 is 14.9 Å². The lowest BCUT2D eigenvalue weighted by Gasteiger charge is -2.23. The van der Waals surface area contributed by atoms with Crippen LogP contribution in [0, 0.1) is 5.92 Å². The molecule has 4 atom stereocenters. The Hall–Kier alpha value is -1.39. The van der Waals surface area contributed by atoms with Gasteiger partial charge in [0, 0.05) is 5.57 Å². The van der Waals surface area contributed by atoms with Gasteiger partial charge in [0.05, 0.1) is 18.1 Å². The molecule has 104 valence electrons. The predicted molar refractivity (Wildman–Crippen MR) is 71.3 cm³/mol. The van der Waals surface area contributed by atoms with Gasteiger partial charge in [-0.15, -0.1) is 0 Å². The van der Waals surface area contributed by atoms with Gasteiger partial charge in [-0.05, 0) is 32.8 Å². The zero-order valence-corrected chi connectivity index (χ0v) is 11.3. The minimum Gasteiger partial charge on any atom is -0.454 e. The molecule has 0 radical (unpaired) electrons. The molecule has 1 fully saturated rings. The van der Waals surface area contributed by atoms with Crippen LogP contribution >= 0.6 is 0 Å². The summed E-state index contributed by atoms with van der Waals surface area (Å²) in [4.78, 5) is 11.6. The molecular weight excluding hydrogens is 244 g/mol. The number of ether oxygens (including phenoxy) is 1. The van der Waals surface area contributed by atoms with Gasteiger partial charge in [-0.25, -0.2) is 4.79 Å². The number of esters is 1. The summed E-state index contributed by atoms with van der Waals surface area (Å²) >= 11 is 0. The van der Waals surface area contributed by atoms with E-state index in [9.17, 15) is 15.0 Å². The van der Waals surface area contributed by atoms with Gasteiger partial charge in [-0.1, -0.05) is 23.8 Å². The lowest BCUT2D eigenvalue weighted by atomic mass is 9.85. The predicted octanol–water partition coefficient (Wildman–Crippen LogP) is 1.49. The normalized spacial score (nSPS) is 41.7. The highest BCUT2D eigenvalue weighted by Crippen LogP contribution is 2.34. The maximum atomic E-state index is 11.6. The number of fused-ring (bicyclic) bond motifs is 1. The Kier molecular flexibility index (Phi) is 3.92. The smallest absolute Gasteiger partial charge is 0.334 e. The topological polar surface area (TPSA) is 66.8 Å². The summed E-state index contributed by atoms with van der Waals surface area (Å²) in [5.74, 6) is -0.847. The van der Waals surface area contributed by atoms with Crippen LogP contribution < -0.4 is 0 Å². The highest BCUT2D eigenvalue weighted by molar-refractivity contribution is 5.91. The van der Waals surface area contributed by atoms with E-state index in [1.165, 1.54) is 0 Å². The molecule has 0 saturated carbocycles. The van der Waals surface area contributed by atoms with Gasteiger partial charge in [0.2, 0.25) is 0 Å². The van der Waals surface area contributed by atoms with Crippen molar-refractivity contribution in [3.05, 3.63) is 35.5 Å². The zero-order valence-electron chi connectivity index (χ0n) is 11.3. The number of aliphatic hydroxyl groups excluding tert-OH is 2. The number of aliphatic hydroxyl groups is 2. The minimum absolute atomic E-state index is 0.329. The lowest BCUT2D eigenvalue weighted by Crippen LogP contribution is -2.29. The van der Waals surface area contributed by atoms with Crippen LogP contribution in [0.15, 0.2) is 35.5 Å². The van der Waals surface area contributed by atoms with Crippen molar-refractivity contribution in [3.8, 4) is 0 Å². The number of carbonyl (C=O) groups is 1. The van der Waals surface area contributed by atoms with Crippen molar-refractivity contribution in [2.75, 3.05) is 0 Å². The molecule has 0 aromatic rings. The highest BCUT2D eigenvalue weighted by atomic mass is 16.6. The first-order chi connectivity index (χ1) is 8.88. The molecule has 1 saturated heterocycles. The average Bonchev–Trinajstić information content (AvgIpc) is 2.52. The van der Waals surface area contributed by atoms with Crippen molar-refractivity contribution in [2.24, 2.45) is 5.92 Å². The molecular formula is C15H20O4. The van der Waals surface area contributed by atoms with E-state index in [1.54, 1.807) is 6.08 Å². The van der Waals surface area contributed by atoms with Crippen LogP contribution in [0.1, 0.15) is 26.7 Å². The molecule has 0 spiro atoms. The van der Waals surface area contributed by atoms with E-state index < -0.39 is 30.2 Å². The third-order valence-corrected chi connectivity index (χ3v) is 3.66. The minimum atomic E-state index is -0.727. The molecule has 0 aromatic carbocycles. The van der Waals surface area contributed by atoms with Crippen LogP contribution in [0.2, 0.25) is 0 Å². The monoisotopic (exact) mass is 264 g/mol. The fourth-order valence-electron chi connectivity index (χ4n) is 2.79. The molecule has 4 heteroatoms. The summed E-state index contributed by atoms with van der Waals surface area (Å²) in [6, 6.07) is 0. The quantitative estimate of drug-likeness (QED) is 0.395. The van der Waals surface area contributed by atoms with E-state index in [0.717, 1.165) is 11.1 Å². The fourth-order valence-corrected chi connectivity index (χ4v) is 2.79. The Morgan fingerprint density at radius 2 is 1.84 bits per heavy atom. The van der Waals surface area contributed by atoms with Crippen LogP contribution in [0.5, 0.6) is 0 Å². The molecule has 2 rings (SSSR count). The van der Waals surface area contributed by atoms with E-state index in [1.807, 2.05) is 19.9 Å². The molecule has 1 aliphatic heterocycles. The van der Waals surface area contributed by atoms with Gasteiger partial charge in [0.15, 0.2) is 0 Å². The zero-order chi connectivity index (χ0) is 14.2. The van der Waals surface area contributed by atoms with Crippen LogP contribution in [-0.2, 0) is 9.53 Å². The van der Waals surface area contributed by atoms with Gasteiger partial charge in [0.25, 0.3) is 0 Å². The van der Waals surface area contributed by atoms with Gasteiger partial charge in [0.1, 0.15) is 6.10 Å². The molecule has 2 aliphatic rings. The molecule has 1 heterocycles. The van der Waals surface area contributed by atoms with Gasteiger partial charge >= 0.3 is 5.97 Å². The van der Waals surface area contributed by atoms with E-state index >= 15 is 0 Å². The second kappa shape index (κ2) is 5.31. The molecule has 19 heavy (non-hydrogen) atoms. The molecule has 4 nitrogen and oxygen atoms in total. The van der Waals surface area contributed by atoms with Crippen LogP contribution in [-0.4, -0.2) is 34.5 Å². The Bertz CT molecular complexity index is 461. The van der Waals surface area contributed by atoms with Crippen molar-refractivity contribution in [2.45, 2.75) is 45.0 Å². The molecule has 0 unspecified atom stereocenters. The second-order valence-corrected chi connectivity index (χ2v) is 5.49. The summed E-state index contributed by atoms with van der Waals surface area (Å²) < 4.78 is 5.24. The fraction of sp³-hybridized carbons (Fsp3) is 0.533. The summed E-state index contributed by atoms with van der Waals surface area (Å²) in [6.07, 6.45) is 2.69. The maximum Gasteiger partial charge on any atom is 0.334 e. The summed E-state index contributed by atoms with van der Waals surface area (Å²) in [7, 11) is 0. The van der Waals surface area contributed by atoms with Crippen molar-refractivity contribution < 1.29 is 19.7 Å². The van der Waals surface area contributed by atoms with Crippen molar-refractivity contribution in [1.29, 1.82) is 0 Å². The van der Waals surface area contributed by atoms with Gasteiger partial charge in [-0.2, -0.15) is 0 Å². The van der Waals surface area contributed by atoms with Crippen LogP contribution in [0.25, 0.3) is 0 Å². The third kappa shape index (κ3) is 2.96. The van der Waals surface area contributed by atoms with Crippen LogP contribution in [0.3, 0.4) is 0 Å². The van der Waals surface area contributed by atoms with Crippen molar-refractivity contribution in [3.63, 3.8) is 0 Å². The SMILES string of the molecule is C=C1C(=O)O[C@@H]2/C=C(/C)C[C@H](O)/C=C(/C)C[C@@H](O)[C@@H]12. The summed E-state index contributed by atoms with van der Waals surface area (Å²) in [5.41, 5.74) is 2.17. The second-order valence-electron chi connectivity index (χ2n) is 5.49. The molecule has 0 aromatic heterocycles. The Morgan fingerprint density at radius 3 is 2.53 bits per heavy atom. The van der Waals surface area contributed by atoms with E-state index in [2.05, 4.69) is 6.58 Å². The van der Waals surface area contributed by atoms with E-state index in [4.69, 9.17) is 4.74 Å². The molecule has 0 bridgehead atoms. The average molecular weight is 264 g/mol. The molecule has 2 N–H and O–H groups in total. The lowest BCUT2D eigenvalue weighted by molar-refractivity contribution is -0.137. The third-order valence-electron chi connectivity index (χ3n) is 3.66. The largest absolute Gasteiger partial charge is 0.454 e. The number of hydrogen-bond donors (Lipinski definition) is 2. The molecule has 0 amide bonds. The Balaban J connectivity index is 2.36. The van der Waals surface area contributed by atoms with E-state index in [-0.39, 0.29) is 0 Å².